The largest absolute Gasteiger partial charge is 0.390 e. The van der Waals surface area contributed by atoms with E-state index in [1.165, 1.54) is 5.56 Å². The second-order valence-corrected chi connectivity index (χ2v) is 3.90. The van der Waals surface area contributed by atoms with Crippen molar-refractivity contribution < 1.29 is 10.2 Å². The van der Waals surface area contributed by atoms with Gasteiger partial charge in [-0.2, -0.15) is 0 Å². The van der Waals surface area contributed by atoms with E-state index >= 15 is 0 Å². The standard InChI is InChI=1S/C13H20O2/c1-3-6-12(14)13(15)11-8-5-7-10(4-2)9-11/h5,7-9,12-15H,3-4,6H2,1-2H3. The first-order chi connectivity index (χ1) is 7.19. The van der Waals surface area contributed by atoms with Crippen LogP contribution in [0.25, 0.3) is 0 Å². The predicted octanol–water partition coefficient (Wildman–Crippen LogP) is 2.44. The first-order valence-corrected chi connectivity index (χ1v) is 5.64. The molecule has 15 heavy (non-hydrogen) atoms. The van der Waals surface area contributed by atoms with E-state index < -0.39 is 12.2 Å². The minimum absolute atomic E-state index is 0.636. The summed E-state index contributed by atoms with van der Waals surface area (Å²) in [5.41, 5.74) is 2.01. The zero-order valence-corrected chi connectivity index (χ0v) is 9.48. The van der Waals surface area contributed by atoms with Gasteiger partial charge in [0.2, 0.25) is 0 Å². The molecule has 0 aliphatic rings. The molecule has 2 N–H and O–H groups in total. The van der Waals surface area contributed by atoms with Crippen LogP contribution in [0.5, 0.6) is 0 Å². The van der Waals surface area contributed by atoms with Crippen LogP contribution in [0.3, 0.4) is 0 Å². The molecule has 2 heteroatoms. The fourth-order valence-corrected chi connectivity index (χ4v) is 1.67. The van der Waals surface area contributed by atoms with E-state index in [0.29, 0.717) is 6.42 Å². The van der Waals surface area contributed by atoms with Crippen LogP contribution in [0.15, 0.2) is 24.3 Å². The molecule has 0 fully saturated rings. The summed E-state index contributed by atoms with van der Waals surface area (Å²) >= 11 is 0. The Labute approximate surface area is 91.6 Å². The van der Waals surface area contributed by atoms with E-state index in [2.05, 4.69) is 6.92 Å². The van der Waals surface area contributed by atoms with Gasteiger partial charge in [-0.25, -0.2) is 0 Å². The van der Waals surface area contributed by atoms with E-state index in [0.717, 1.165) is 18.4 Å². The molecule has 84 valence electrons. The molecule has 0 heterocycles. The molecule has 0 aromatic heterocycles. The lowest BCUT2D eigenvalue weighted by molar-refractivity contribution is 0.0130. The summed E-state index contributed by atoms with van der Waals surface area (Å²) in [7, 11) is 0. The Kier molecular flexibility index (Phi) is 4.79. The Balaban J connectivity index is 2.76. The molecule has 0 aliphatic carbocycles. The maximum Gasteiger partial charge on any atom is 0.105 e. The molecular weight excluding hydrogens is 188 g/mol. The number of hydrogen-bond acceptors (Lipinski definition) is 2. The van der Waals surface area contributed by atoms with Gasteiger partial charge in [-0.3, -0.25) is 0 Å². The summed E-state index contributed by atoms with van der Waals surface area (Å²) in [4.78, 5) is 0. The van der Waals surface area contributed by atoms with Crippen LogP contribution in [0.4, 0.5) is 0 Å². The predicted molar refractivity (Wildman–Crippen MR) is 61.7 cm³/mol. The summed E-state index contributed by atoms with van der Waals surface area (Å²) in [6.45, 7) is 4.08. The van der Waals surface area contributed by atoms with Crippen LogP contribution >= 0.6 is 0 Å². The highest BCUT2D eigenvalue weighted by atomic mass is 16.3. The smallest absolute Gasteiger partial charge is 0.105 e. The molecule has 2 atom stereocenters. The lowest BCUT2D eigenvalue weighted by atomic mass is 9.99. The molecule has 1 aromatic carbocycles. The summed E-state index contributed by atoms with van der Waals surface area (Å²) in [6.07, 6.45) is 1.06. The van der Waals surface area contributed by atoms with Crippen molar-refractivity contribution in [1.29, 1.82) is 0 Å². The van der Waals surface area contributed by atoms with E-state index in [1.54, 1.807) is 0 Å². The third-order valence-electron chi connectivity index (χ3n) is 2.65. The van der Waals surface area contributed by atoms with Crippen molar-refractivity contribution in [2.24, 2.45) is 0 Å². The molecule has 0 saturated heterocycles. The van der Waals surface area contributed by atoms with Crippen molar-refractivity contribution in [3.8, 4) is 0 Å². The van der Waals surface area contributed by atoms with E-state index in [4.69, 9.17) is 0 Å². The second-order valence-electron chi connectivity index (χ2n) is 3.90. The first-order valence-electron chi connectivity index (χ1n) is 5.64. The van der Waals surface area contributed by atoms with Gasteiger partial charge in [-0.1, -0.05) is 44.5 Å². The fourth-order valence-electron chi connectivity index (χ4n) is 1.67. The van der Waals surface area contributed by atoms with E-state index in [-0.39, 0.29) is 0 Å². The Bertz CT molecular complexity index is 296. The van der Waals surface area contributed by atoms with Crippen LogP contribution in [-0.2, 0) is 6.42 Å². The van der Waals surface area contributed by atoms with Crippen molar-refractivity contribution in [2.75, 3.05) is 0 Å². The number of rotatable bonds is 5. The first kappa shape index (κ1) is 12.2. The SMILES string of the molecule is CCCC(O)C(O)c1cccc(CC)c1. The Morgan fingerprint density at radius 3 is 2.53 bits per heavy atom. The number of aliphatic hydroxyl groups excluding tert-OH is 2. The minimum atomic E-state index is -0.753. The average molecular weight is 208 g/mol. The summed E-state index contributed by atoms with van der Waals surface area (Å²) in [5, 5.41) is 19.6. The Morgan fingerprint density at radius 2 is 1.93 bits per heavy atom. The third-order valence-corrected chi connectivity index (χ3v) is 2.65. The lowest BCUT2D eigenvalue weighted by Crippen LogP contribution is -2.17. The van der Waals surface area contributed by atoms with Gasteiger partial charge in [-0.05, 0) is 24.0 Å². The van der Waals surface area contributed by atoms with Gasteiger partial charge in [0.05, 0.1) is 6.10 Å². The number of benzene rings is 1. The fraction of sp³-hybridized carbons (Fsp3) is 0.538. The minimum Gasteiger partial charge on any atom is -0.390 e. The van der Waals surface area contributed by atoms with Crippen LogP contribution in [-0.4, -0.2) is 16.3 Å². The summed E-state index contributed by atoms with van der Waals surface area (Å²) in [5.74, 6) is 0. The monoisotopic (exact) mass is 208 g/mol. The molecular formula is C13H20O2. The quantitative estimate of drug-likeness (QED) is 0.780. The zero-order chi connectivity index (χ0) is 11.3. The van der Waals surface area contributed by atoms with Gasteiger partial charge in [0.1, 0.15) is 6.10 Å². The third kappa shape index (κ3) is 3.33. The maximum absolute atomic E-state index is 9.89. The molecule has 0 amide bonds. The normalized spacial score (nSPS) is 14.9. The number of aliphatic hydroxyl groups is 2. The molecule has 0 aliphatic heterocycles. The van der Waals surface area contributed by atoms with Gasteiger partial charge >= 0.3 is 0 Å². The van der Waals surface area contributed by atoms with E-state index in [9.17, 15) is 10.2 Å². The molecule has 2 nitrogen and oxygen atoms in total. The van der Waals surface area contributed by atoms with Crippen LogP contribution in [0.1, 0.15) is 43.9 Å². The lowest BCUT2D eigenvalue weighted by Gasteiger charge is -2.18. The van der Waals surface area contributed by atoms with Crippen molar-refractivity contribution in [2.45, 2.75) is 45.3 Å². The molecule has 0 bridgehead atoms. The van der Waals surface area contributed by atoms with Gasteiger partial charge < -0.3 is 10.2 Å². The van der Waals surface area contributed by atoms with Gasteiger partial charge in [0, 0.05) is 0 Å². The van der Waals surface area contributed by atoms with Crippen LogP contribution in [0, 0.1) is 0 Å². The molecule has 0 spiro atoms. The van der Waals surface area contributed by atoms with Crippen molar-refractivity contribution in [3.05, 3.63) is 35.4 Å². The van der Waals surface area contributed by atoms with Crippen LogP contribution in [0.2, 0.25) is 0 Å². The number of hydrogen-bond donors (Lipinski definition) is 2. The van der Waals surface area contributed by atoms with Gasteiger partial charge in [0.15, 0.2) is 0 Å². The van der Waals surface area contributed by atoms with E-state index in [1.807, 2.05) is 31.2 Å². The molecule has 0 saturated carbocycles. The zero-order valence-electron chi connectivity index (χ0n) is 9.48. The maximum atomic E-state index is 9.89. The van der Waals surface area contributed by atoms with Crippen molar-refractivity contribution in [1.82, 2.24) is 0 Å². The average Bonchev–Trinajstić information content (AvgIpc) is 2.28. The highest BCUT2D eigenvalue weighted by Crippen LogP contribution is 2.20. The summed E-state index contributed by atoms with van der Waals surface area (Å²) < 4.78 is 0. The van der Waals surface area contributed by atoms with Crippen molar-refractivity contribution in [3.63, 3.8) is 0 Å². The molecule has 0 radical (unpaired) electrons. The topological polar surface area (TPSA) is 40.5 Å². The molecule has 1 rings (SSSR count). The van der Waals surface area contributed by atoms with Gasteiger partial charge in [-0.15, -0.1) is 0 Å². The molecule has 1 aromatic rings. The van der Waals surface area contributed by atoms with Crippen LogP contribution < -0.4 is 0 Å². The van der Waals surface area contributed by atoms with Gasteiger partial charge in [0.25, 0.3) is 0 Å². The highest BCUT2D eigenvalue weighted by Gasteiger charge is 2.17. The highest BCUT2D eigenvalue weighted by molar-refractivity contribution is 5.25. The summed E-state index contributed by atoms with van der Waals surface area (Å²) in [6, 6.07) is 7.78. The Morgan fingerprint density at radius 1 is 1.20 bits per heavy atom. The number of aryl methyl sites for hydroxylation is 1. The van der Waals surface area contributed by atoms with Crippen molar-refractivity contribution >= 4 is 0 Å². The Hall–Kier alpha value is -0.860. The molecule has 2 unspecified atom stereocenters. The second kappa shape index (κ2) is 5.89.